The summed E-state index contributed by atoms with van der Waals surface area (Å²) in [5.74, 6) is 1.54. The lowest BCUT2D eigenvalue weighted by Crippen LogP contribution is -2.24. The average Bonchev–Trinajstić information content (AvgIpc) is 3.01. The van der Waals surface area contributed by atoms with Gasteiger partial charge in [-0.15, -0.1) is 0 Å². The molecule has 7 heteroatoms. The number of methoxy groups -OCH3 is 1. The molecular weight excluding hydrogens is 385 g/mol. The summed E-state index contributed by atoms with van der Waals surface area (Å²) in [4.78, 5) is 16.6. The third-order valence-electron chi connectivity index (χ3n) is 4.56. The van der Waals surface area contributed by atoms with Crippen LogP contribution in [0.15, 0.2) is 42.5 Å². The Morgan fingerprint density at radius 3 is 2.77 bits per heavy atom. The Morgan fingerprint density at radius 2 is 2.03 bits per heavy atom. The highest BCUT2D eigenvalue weighted by Crippen LogP contribution is 2.29. The van der Waals surface area contributed by atoms with Crippen LogP contribution in [0, 0.1) is 5.82 Å². The molecule has 0 fully saturated rings. The molecule has 0 radical (unpaired) electrons. The third-order valence-corrected chi connectivity index (χ3v) is 4.56. The van der Waals surface area contributed by atoms with E-state index in [1.165, 1.54) is 18.2 Å². The molecule has 0 saturated heterocycles. The first-order chi connectivity index (χ1) is 14.4. The zero-order valence-corrected chi connectivity index (χ0v) is 17.6. The van der Waals surface area contributed by atoms with Gasteiger partial charge in [-0.1, -0.05) is 6.07 Å². The molecule has 30 heavy (non-hydrogen) atoms. The lowest BCUT2D eigenvalue weighted by molar-refractivity contribution is -0.116. The molecule has 3 aromatic rings. The third kappa shape index (κ3) is 5.17. The van der Waals surface area contributed by atoms with E-state index >= 15 is 0 Å². The van der Waals surface area contributed by atoms with Crippen LogP contribution in [0.25, 0.3) is 17.1 Å². The molecule has 1 aromatic heterocycles. The molecule has 2 aromatic carbocycles. The zero-order valence-electron chi connectivity index (χ0n) is 17.6. The Hall–Kier alpha value is -3.35. The maximum absolute atomic E-state index is 13.4. The highest BCUT2D eigenvalue weighted by atomic mass is 19.1. The lowest BCUT2D eigenvalue weighted by atomic mass is 10.2. The minimum Gasteiger partial charge on any atom is -0.493 e. The fraction of sp³-hybridized carbons (Fsp3) is 0.304. The molecule has 0 saturated carbocycles. The van der Waals surface area contributed by atoms with Crippen molar-refractivity contribution in [1.82, 2.24) is 14.9 Å². The lowest BCUT2D eigenvalue weighted by Gasteiger charge is -2.13. The smallest absolute Gasteiger partial charge is 0.244 e. The first-order valence-corrected chi connectivity index (χ1v) is 9.79. The monoisotopic (exact) mass is 411 g/mol. The number of fused-ring (bicyclic) bond motifs is 1. The van der Waals surface area contributed by atoms with Crippen molar-refractivity contribution in [3.63, 3.8) is 0 Å². The number of nitrogens with zero attached hydrogens (tertiary/aromatic N) is 2. The maximum atomic E-state index is 13.4. The van der Waals surface area contributed by atoms with E-state index in [9.17, 15) is 9.18 Å². The molecule has 0 spiro atoms. The van der Waals surface area contributed by atoms with Gasteiger partial charge in [0.1, 0.15) is 11.6 Å². The summed E-state index contributed by atoms with van der Waals surface area (Å²) in [5.41, 5.74) is 2.30. The number of carbonyl (C=O) groups is 1. The van der Waals surface area contributed by atoms with Gasteiger partial charge < -0.3 is 19.4 Å². The molecule has 1 heterocycles. The predicted octanol–water partition coefficient (Wildman–Crippen LogP) is 3.88. The van der Waals surface area contributed by atoms with Crippen molar-refractivity contribution in [2.24, 2.45) is 7.05 Å². The largest absolute Gasteiger partial charge is 0.493 e. The SMILES string of the molecule is COc1cc(C=CC(=O)NCCc2nc3cc(F)ccc3n2C)ccc1OC(C)C. The van der Waals surface area contributed by atoms with Crippen LogP contribution in [0.4, 0.5) is 4.39 Å². The van der Waals surface area contributed by atoms with Crippen molar-refractivity contribution in [3.8, 4) is 11.5 Å². The van der Waals surface area contributed by atoms with Crippen LogP contribution in [0.5, 0.6) is 11.5 Å². The minimum atomic E-state index is -0.314. The van der Waals surface area contributed by atoms with Crippen LogP contribution in [-0.2, 0) is 18.3 Å². The summed E-state index contributed by atoms with van der Waals surface area (Å²) in [5, 5.41) is 2.84. The number of ether oxygens (including phenoxy) is 2. The molecule has 0 aliphatic carbocycles. The van der Waals surface area contributed by atoms with Crippen molar-refractivity contribution in [1.29, 1.82) is 0 Å². The second-order valence-electron chi connectivity index (χ2n) is 7.17. The predicted molar refractivity (Wildman–Crippen MR) is 115 cm³/mol. The van der Waals surface area contributed by atoms with E-state index < -0.39 is 0 Å². The molecule has 0 unspecified atom stereocenters. The highest BCUT2D eigenvalue weighted by Gasteiger charge is 2.09. The van der Waals surface area contributed by atoms with E-state index in [1.807, 2.05) is 43.7 Å². The van der Waals surface area contributed by atoms with Crippen molar-refractivity contribution >= 4 is 23.0 Å². The fourth-order valence-electron chi connectivity index (χ4n) is 3.11. The van der Waals surface area contributed by atoms with Gasteiger partial charge in [-0.3, -0.25) is 4.79 Å². The van der Waals surface area contributed by atoms with Gasteiger partial charge in [-0.25, -0.2) is 9.37 Å². The number of aryl methyl sites for hydroxylation is 1. The van der Waals surface area contributed by atoms with Crippen LogP contribution < -0.4 is 14.8 Å². The number of imidazole rings is 1. The van der Waals surface area contributed by atoms with Crippen molar-refractivity contribution in [3.05, 3.63) is 59.7 Å². The van der Waals surface area contributed by atoms with Crippen LogP contribution in [0.3, 0.4) is 0 Å². The molecule has 0 aliphatic heterocycles. The van der Waals surface area contributed by atoms with Gasteiger partial charge in [0, 0.05) is 32.2 Å². The van der Waals surface area contributed by atoms with E-state index in [0.717, 1.165) is 16.9 Å². The van der Waals surface area contributed by atoms with Crippen LogP contribution in [-0.4, -0.2) is 35.2 Å². The van der Waals surface area contributed by atoms with E-state index in [0.29, 0.717) is 30.0 Å². The highest BCUT2D eigenvalue weighted by molar-refractivity contribution is 5.91. The second kappa shape index (κ2) is 9.43. The van der Waals surface area contributed by atoms with Gasteiger partial charge in [0.05, 0.1) is 24.2 Å². The maximum Gasteiger partial charge on any atom is 0.244 e. The van der Waals surface area contributed by atoms with Gasteiger partial charge in [0.15, 0.2) is 11.5 Å². The van der Waals surface area contributed by atoms with E-state index in [1.54, 1.807) is 19.3 Å². The molecule has 6 nitrogen and oxygen atoms in total. The Morgan fingerprint density at radius 1 is 1.23 bits per heavy atom. The molecule has 0 atom stereocenters. The zero-order chi connectivity index (χ0) is 21.7. The van der Waals surface area contributed by atoms with Crippen LogP contribution in [0.2, 0.25) is 0 Å². The molecule has 0 aliphatic rings. The number of halogens is 1. The van der Waals surface area contributed by atoms with E-state index in [-0.39, 0.29) is 17.8 Å². The molecule has 1 amide bonds. The molecular formula is C23H26FN3O3. The summed E-state index contributed by atoms with van der Waals surface area (Å²) in [6.07, 6.45) is 3.78. The van der Waals surface area contributed by atoms with Gasteiger partial charge in [0.25, 0.3) is 0 Å². The summed E-state index contributed by atoms with van der Waals surface area (Å²) in [6, 6.07) is 10.0. The standard InChI is InChI=1S/C23H26FN3O3/c1-15(2)30-20-9-5-16(13-21(20)29-4)6-10-23(28)25-12-11-22-26-18-14-17(24)7-8-19(18)27(22)3/h5-10,13-15H,11-12H2,1-4H3,(H,25,28). The minimum absolute atomic E-state index is 0.0430. The Labute approximate surface area is 175 Å². The van der Waals surface area contributed by atoms with E-state index in [4.69, 9.17) is 9.47 Å². The Balaban J connectivity index is 1.57. The van der Waals surface area contributed by atoms with Crippen LogP contribution >= 0.6 is 0 Å². The van der Waals surface area contributed by atoms with Crippen LogP contribution in [0.1, 0.15) is 25.2 Å². The van der Waals surface area contributed by atoms with Crippen molar-refractivity contribution < 1.29 is 18.7 Å². The van der Waals surface area contributed by atoms with E-state index in [2.05, 4.69) is 10.3 Å². The number of amides is 1. The van der Waals surface area contributed by atoms with Gasteiger partial charge >= 0.3 is 0 Å². The Kier molecular flexibility index (Phi) is 6.72. The quantitative estimate of drug-likeness (QED) is 0.572. The van der Waals surface area contributed by atoms with Crippen molar-refractivity contribution in [2.45, 2.75) is 26.4 Å². The molecule has 0 bridgehead atoms. The number of hydrogen-bond donors (Lipinski definition) is 1. The summed E-state index contributed by atoms with van der Waals surface area (Å²) < 4.78 is 26.3. The second-order valence-corrected chi connectivity index (χ2v) is 7.17. The topological polar surface area (TPSA) is 65.4 Å². The number of aromatic nitrogens is 2. The Bertz CT molecular complexity index is 1070. The van der Waals surface area contributed by atoms with Gasteiger partial charge in [-0.2, -0.15) is 0 Å². The number of carbonyl (C=O) groups excluding carboxylic acids is 1. The first kappa shape index (κ1) is 21.4. The normalized spacial score (nSPS) is 11.4. The molecule has 3 rings (SSSR count). The van der Waals surface area contributed by atoms with Gasteiger partial charge in [-0.05, 0) is 49.8 Å². The molecule has 1 N–H and O–H groups in total. The summed E-state index contributed by atoms with van der Waals surface area (Å²) in [7, 11) is 3.46. The number of hydrogen-bond acceptors (Lipinski definition) is 4. The average molecular weight is 411 g/mol. The first-order valence-electron chi connectivity index (χ1n) is 9.79. The number of rotatable bonds is 8. The summed E-state index contributed by atoms with van der Waals surface area (Å²) >= 11 is 0. The number of nitrogens with one attached hydrogen (secondary N) is 1. The number of benzene rings is 2. The summed E-state index contributed by atoms with van der Waals surface area (Å²) in [6.45, 7) is 4.32. The molecule has 158 valence electrons. The fourth-order valence-corrected chi connectivity index (χ4v) is 3.11. The van der Waals surface area contributed by atoms with Crippen molar-refractivity contribution in [2.75, 3.05) is 13.7 Å². The van der Waals surface area contributed by atoms with Gasteiger partial charge in [0.2, 0.25) is 5.91 Å².